The summed E-state index contributed by atoms with van der Waals surface area (Å²) in [5.74, 6) is -0.0766. The first-order chi connectivity index (χ1) is 11.7. The van der Waals surface area contributed by atoms with Gasteiger partial charge in [-0.15, -0.1) is 11.3 Å². The minimum Gasteiger partial charge on any atom is -0.359 e. The van der Waals surface area contributed by atoms with Crippen LogP contribution in [-0.4, -0.2) is 20.2 Å². The summed E-state index contributed by atoms with van der Waals surface area (Å²) in [6.45, 7) is 0. The fourth-order valence-electron chi connectivity index (χ4n) is 2.51. The lowest BCUT2D eigenvalue weighted by atomic mass is 10.1. The Morgan fingerprint density at radius 3 is 2.83 bits per heavy atom. The summed E-state index contributed by atoms with van der Waals surface area (Å²) in [5, 5.41) is 2.65. The van der Waals surface area contributed by atoms with Gasteiger partial charge in [0.2, 0.25) is 5.78 Å². The van der Waals surface area contributed by atoms with Gasteiger partial charge in [-0.3, -0.25) is 9.20 Å². The summed E-state index contributed by atoms with van der Waals surface area (Å²) in [4.78, 5) is 20.7. The number of allylic oxidation sites excluding steroid dienone is 1. The lowest BCUT2D eigenvalue weighted by molar-refractivity contribution is 0.104. The highest BCUT2D eigenvalue weighted by Crippen LogP contribution is 2.28. The number of hydrogen-bond donors (Lipinski definition) is 1. The second-order valence-corrected chi connectivity index (χ2v) is 6.50. The van der Waals surface area contributed by atoms with E-state index in [4.69, 9.17) is 11.6 Å². The van der Waals surface area contributed by atoms with E-state index >= 15 is 0 Å². The van der Waals surface area contributed by atoms with Crippen LogP contribution in [0.2, 0.25) is 5.02 Å². The Morgan fingerprint density at radius 2 is 2.08 bits per heavy atom. The molecule has 0 fully saturated rings. The molecule has 0 atom stereocenters. The fourth-order valence-corrected chi connectivity index (χ4v) is 3.36. The van der Waals surface area contributed by atoms with Crippen LogP contribution in [0.15, 0.2) is 60.2 Å². The summed E-state index contributed by atoms with van der Waals surface area (Å²) in [5.41, 5.74) is 3.22. The van der Waals surface area contributed by atoms with Crippen molar-refractivity contribution in [1.29, 1.82) is 0 Å². The predicted molar refractivity (Wildman–Crippen MR) is 97.7 cm³/mol. The monoisotopic (exact) mass is 353 g/mol. The molecule has 0 spiro atoms. The van der Waals surface area contributed by atoms with E-state index in [1.54, 1.807) is 41.8 Å². The van der Waals surface area contributed by atoms with Crippen molar-refractivity contribution in [3.8, 4) is 11.3 Å². The number of carbonyl (C=O) groups excluding carboxylic acids is 1. The summed E-state index contributed by atoms with van der Waals surface area (Å²) in [6, 6.07) is 11.1. The molecule has 4 rings (SSSR count). The normalized spacial score (nSPS) is 11.5. The van der Waals surface area contributed by atoms with Crippen molar-refractivity contribution in [1.82, 2.24) is 14.4 Å². The minimum atomic E-state index is -0.0766. The number of ketones is 1. The zero-order valence-electron chi connectivity index (χ0n) is 12.4. The maximum absolute atomic E-state index is 12.2. The van der Waals surface area contributed by atoms with E-state index in [1.807, 2.05) is 40.2 Å². The Labute approximate surface area is 147 Å². The summed E-state index contributed by atoms with van der Waals surface area (Å²) in [7, 11) is 0. The van der Waals surface area contributed by atoms with Crippen LogP contribution < -0.4 is 0 Å². The molecule has 3 aromatic heterocycles. The van der Waals surface area contributed by atoms with Crippen molar-refractivity contribution in [2.45, 2.75) is 0 Å². The highest BCUT2D eigenvalue weighted by Gasteiger charge is 2.13. The zero-order chi connectivity index (χ0) is 16.5. The van der Waals surface area contributed by atoms with E-state index in [0.717, 1.165) is 21.9 Å². The number of carbonyl (C=O) groups is 1. The topological polar surface area (TPSA) is 50.2 Å². The molecule has 4 nitrogen and oxygen atoms in total. The van der Waals surface area contributed by atoms with E-state index in [-0.39, 0.29) is 5.78 Å². The smallest absolute Gasteiger partial charge is 0.202 e. The van der Waals surface area contributed by atoms with Gasteiger partial charge >= 0.3 is 0 Å². The molecular weight excluding hydrogens is 342 g/mol. The standard InChI is InChI=1S/C18H12ClN3OS/c19-13-5-3-12(4-6-13)17-15(22-10-11-24-18(22)21-17)7-8-16(23)14-2-1-9-20-14/h1-11,20H/b8-7+. The van der Waals surface area contributed by atoms with Gasteiger partial charge in [-0.25, -0.2) is 4.98 Å². The van der Waals surface area contributed by atoms with Crippen LogP contribution >= 0.6 is 22.9 Å². The summed E-state index contributed by atoms with van der Waals surface area (Å²) >= 11 is 7.52. The number of imidazole rings is 1. The number of hydrogen-bond acceptors (Lipinski definition) is 3. The summed E-state index contributed by atoms with van der Waals surface area (Å²) < 4.78 is 1.98. The average Bonchev–Trinajstić information content (AvgIpc) is 3.31. The molecule has 0 radical (unpaired) electrons. The van der Waals surface area contributed by atoms with Gasteiger partial charge in [-0.2, -0.15) is 0 Å². The molecule has 0 bridgehead atoms. The Morgan fingerprint density at radius 1 is 1.25 bits per heavy atom. The molecule has 118 valence electrons. The third kappa shape index (κ3) is 2.68. The molecule has 0 aliphatic rings. The number of H-pyrrole nitrogens is 1. The second kappa shape index (κ2) is 6.11. The average molecular weight is 354 g/mol. The molecule has 3 heterocycles. The first-order valence-corrected chi connectivity index (χ1v) is 8.55. The van der Waals surface area contributed by atoms with Gasteiger partial charge in [0.05, 0.1) is 17.1 Å². The molecule has 0 aliphatic heterocycles. The number of rotatable bonds is 4. The lowest BCUT2D eigenvalue weighted by Gasteiger charge is -2.00. The first kappa shape index (κ1) is 14.9. The van der Waals surface area contributed by atoms with Crippen LogP contribution in [0.3, 0.4) is 0 Å². The van der Waals surface area contributed by atoms with Crippen molar-refractivity contribution in [2.24, 2.45) is 0 Å². The van der Waals surface area contributed by atoms with Crippen molar-refractivity contribution >= 4 is 39.8 Å². The molecule has 0 saturated carbocycles. The molecular formula is C18H12ClN3OS. The molecule has 0 aliphatic carbocycles. The Hall–Kier alpha value is -2.63. The van der Waals surface area contributed by atoms with Crippen LogP contribution in [0.4, 0.5) is 0 Å². The zero-order valence-corrected chi connectivity index (χ0v) is 14.0. The predicted octanol–water partition coefficient (Wildman–Crippen LogP) is 4.94. The SMILES string of the molecule is O=C(/C=C/c1c(-c2ccc(Cl)cc2)nc2sccn12)c1ccc[nH]1. The van der Waals surface area contributed by atoms with Crippen LogP contribution in [-0.2, 0) is 0 Å². The Balaban J connectivity index is 1.78. The molecule has 0 unspecified atom stereocenters. The van der Waals surface area contributed by atoms with Crippen LogP contribution in [0.1, 0.15) is 16.2 Å². The molecule has 24 heavy (non-hydrogen) atoms. The molecule has 1 aromatic carbocycles. The first-order valence-electron chi connectivity index (χ1n) is 7.29. The van der Waals surface area contributed by atoms with E-state index in [2.05, 4.69) is 9.97 Å². The van der Waals surface area contributed by atoms with Crippen molar-refractivity contribution < 1.29 is 4.79 Å². The van der Waals surface area contributed by atoms with Gasteiger partial charge in [0.25, 0.3) is 0 Å². The number of fused-ring (bicyclic) bond motifs is 1. The second-order valence-electron chi connectivity index (χ2n) is 5.19. The number of aromatic amines is 1. The van der Waals surface area contributed by atoms with Crippen molar-refractivity contribution in [2.75, 3.05) is 0 Å². The molecule has 6 heteroatoms. The Bertz CT molecular complexity index is 1030. The van der Waals surface area contributed by atoms with E-state index in [9.17, 15) is 4.79 Å². The number of nitrogens with one attached hydrogen (secondary N) is 1. The lowest BCUT2D eigenvalue weighted by Crippen LogP contribution is -1.94. The molecule has 0 amide bonds. The highest BCUT2D eigenvalue weighted by molar-refractivity contribution is 7.15. The number of halogens is 1. The maximum Gasteiger partial charge on any atom is 0.202 e. The molecule has 0 saturated heterocycles. The van der Waals surface area contributed by atoms with Crippen LogP contribution in [0.5, 0.6) is 0 Å². The van der Waals surface area contributed by atoms with Gasteiger partial charge in [0.1, 0.15) is 0 Å². The van der Waals surface area contributed by atoms with Gasteiger partial charge in [-0.1, -0.05) is 23.7 Å². The molecule has 1 N–H and O–H groups in total. The number of aromatic nitrogens is 3. The largest absolute Gasteiger partial charge is 0.359 e. The Kier molecular flexibility index (Phi) is 3.80. The van der Waals surface area contributed by atoms with E-state index in [0.29, 0.717) is 10.7 Å². The maximum atomic E-state index is 12.2. The summed E-state index contributed by atoms with van der Waals surface area (Å²) in [6.07, 6.45) is 7.05. The third-order valence-electron chi connectivity index (χ3n) is 3.67. The number of thiazole rings is 1. The van der Waals surface area contributed by atoms with Crippen LogP contribution in [0.25, 0.3) is 22.3 Å². The number of benzene rings is 1. The van der Waals surface area contributed by atoms with Gasteiger partial charge < -0.3 is 4.98 Å². The van der Waals surface area contributed by atoms with E-state index < -0.39 is 0 Å². The van der Waals surface area contributed by atoms with Gasteiger partial charge in [0, 0.05) is 28.4 Å². The minimum absolute atomic E-state index is 0.0766. The van der Waals surface area contributed by atoms with Crippen molar-refractivity contribution in [3.05, 3.63) is 76.7 Å². The fraction of sp³-hybridized carbons (Fsp3) is 0. The van der Waals surface area contributed by atoms with Crippen molar-refractivity contribution in [3.63, 3.8) is 0 Å². The third-order valence-corrected chi connectivity index (χ3v) is 4.68. The quantitative estimate of drug-likeness (QED) is 0.417. The highest BCUT2D eigenvalue weighted by atomic mass is 35.5. The van der Waals surface area contributed by atoms with E-state index in [1.165, 1.54) is 0 Å². The van der Waals surface area contributed by atoms with Gasteiger partial charge in [-0.05, 0) is 36.4 Å². The molecule has 4 aromatic rings. The van der Waals surface area contributed by atoms with Gasteiger partial charge in [0.15, 0.2) is 4.96 Å². The van der Waals surface area contributed by atoms with Crippen LogP contribution in [0, 0.1) is 0 Å². The number of nitrogens with zero attached hydrogens (tertiary/aromatic N) is 2.